The smallest absolute Gasteiger partial charge is 0.217 e. The summed E-state index contributed by atoms with van der Waals surface area (Å²) in [5.41, 5.74) is 0. The Morgan fingerprint density at radius 1 is 1.43 bits per heavy atom. The van der Waals surface area contributed by atoms with Gasteiger partial charge in [-0.05, 0) is 6.92 Å². The van der Waals surface area contributed by atoms with Gasteiger partial charge in [-0.15, -0.1) is 0 Å². The minimum absolute atomic E-state index is 0.225. The van der Waals surface area contributed by atoms with Gasteiger partial charge in [0.1, 0.15) is 12.2 Å². The topological polar surface area (TPSA) is 99.0 Å². The molecule has 1 aliphatic heterocycles. The number of rotatable bonds is 3. The molecule has 0 aliphatic carbocycles. The normalized spacial score (nSPS) is 33.7. The summed E-state index contributed by atoms with van der Waals surface area (Å²) in [7, 11) is 0. The van der Waals surface area contributed by atoms with Crippen molar-refractivity contribution in [2.75, 3.05) is 0 Å². The number of amides is 1. The van der Waals surface area contributed by atoms with Crippen LogP contribution in [0.4, 0.5) is 0 Å². The Balaban J connectivity index is 2.51. The predicted molar refractivity (Wildman–Crippen MR) is 46.2 cm³/mol. The molecule has 0 spiro atoms. The zero-order valence-corrected chi connectivity index (χ0v) is 8.04. The van der Waals surface area contributed by atoms with E-state index in [2.05, 4.69) is 5.32 Å². The van der Waals surface area contributed by atoms with Crippen molar-refractivity contribution in [3.63, 3.8) is 0 Å². The highest BCUT2D eigenvalue weighted by Gasteiger charge is 2.46. The van der Waals surface area contributed by atoms with Gasteiger partial charge in [-0.3, -0.25) is 4.79 Å². The van der Waals surface area contributed by atoms with Crippen LogP contribution in [0, 0.1) is 0 Å². The summed E-state index contributed by atoms with van der Waals surface area (Å²) >= 11 is 0. The van der Waals surface area contributed by atoms with Crippen molar-refractivity contribution in [1.82, 2.24) is 5.32 Å². The van der Waals surface area contributed by atoms with Crippen LogP contribution >= 0.6 is 0 Å². The van der Waals surface area contributed by atoms with E-state index in [4.69, 9.17) is 14.9 Å². The molecule has 6 heteroatoms. The molecule has 0 aromatic heterocycles. The zero-order chi connectivity index (χ0) is 10.9. The summed E-state index contributed by atoms with van der Waals surface area (Å²) in [6.45, 7) is 3.08. The highest BCUT2D eigenvalue weighted by molar-refractivity contribution is 5.73. The number of ether oxygens (including phenoxy) is 1. The fourth-order valence-corrected chi connectivity index (χ4v) is 1.49. The Labute approximate surface area is 81.5 Å². The third-order valence-corrected chi connectivity index (χ3v) is 2.24. The average Bonchev–Trinajstić information content (AvgIpc) is 2.09. The van der Waals surface area contributed by atoms with E-state index >= 15 is 0 Å². The molecule has 1 saturated heterocycles. The molecule has 82 valence electrons. The number of nitrogens with one attached hydrogen (secondary N) is 1. The van der Waals surface area contributed by atoms with Crippen LogP contribution in [-0.4, -0.2) is 51.9 Å². The number of hydrogen-bond donors (Lipinski definition) is 4. The molecule has 0 saturated carbocycles. The van der Waals surface area contributed by atoms with Gasteiger partial charge >= 0.3 is 0 Å². The van der Waals surface area contributed by atoms with Crippen LogP contribution in [-0.2, 0) is 9.53 Å². The molecule has 4 atom stereocenters. The van der Waals surface area contributed by atoms with Crippen LogP contribution in [0.1, 0.15) is 13.8 Å². The number of hydrogen-bond acceptors (Lipinski definition) is 5. The standard InChI is InChI=1S/C8H15NO5/c1-3-5(9-4(2)10)7(14-3)6(11)8(12)13/h3,5-8,11-13H,1-2H3,(H,9,10). The summed E-state index contributed by atoms with van der Waals surface area (Å²) in [4.78, 5) is 10.8. The molecule has 0 bridgehead atoms. The molecule has 1 fully saturated rings. The fourth-order valence-electron chi connectivity index (χ4n) is 1.49. The van der Waals surface area contributed by atoms with E-state index in [1.54, 1.807) is 6.92 Å². The first kappa shape index (κ1) is 11.4. The lowest BCUT2D eigenvalue weighted by atomic mass is 9.94. The lowest BCUT2D eigenvalue weighted by molar-refractivity contribution is -0.240. The second kappa shape index (κ2) is 4.22. The van der Waals surface area contributed by atoms with E-state index in [1.165, 1.54) is 6.92 Å². The van der Waals surface area contributed by atoms with Gasteiger partial charge in [-0.25, -0.2) is 0 Å². The minimum atomic E-state index is -1.86. The summed E-state index contributed by atoms with van der Waals surface area (Å²) in [6, 6.07) is -0.371. The molecule has 1 amide bonds. The molecular weight excluding hydrogens is 190 g/mol. The summed E-state index contributed by atoms with van der Waals surface area (Å²) in [5.74, 6) is -0.241. The largest absolute Gasteiger partial charge is 0.385 e. The number of carbonyl (C=O) groups excluding carboxylic acids is 1. The predicted octanol–water partition coefficient (Wildman–Crippen LogP) is -2.05. The van der Waals surface area contributed by atoms with Gasteiger partial charge in [-0.2, -0.15) is 0 Å². The second-order valence-electron chi connectivity index (χ2n) is 3.44. The van der Waals surface area contributed by atoms with Crippen LogP contribution < -0.4 is 5.32 Å². The highest BCUT2D eigenvalue weighted by atomic mass is 16.6. The first-order valence-corrected chi connectivity index (χ1v) is 4.40. The van der Waals surface area contributed by atoms with Crippen LogP contribution in [0.15, 0.2) is 0 Å². The van der Waals surface area contributed by atoms with Gasteiger partial charge in [0.15, 0.2) is 6.29 Å². The Morgan fingerprint density at radius 2 is 2.00 bits per heavy atom. The molecule has 0 radical (unpaired) electrons. The Hall–Kier alpha value is -0.690. The van der Waals surface area contributed by atoms with Crippen molar-refractivity contribution in [1.29, 1.82) is 0 Å². The molecule has 4 unspecified atom stereocenters. The molecule has 1 rings (SSSR count). The third-order valence-electron chi connectivity index (χ3n) is 2.24. The molecule has 0 aromatic carbocycles. The van der Waals surface area contributed by atoms with E-state index in [9.17, 15) is 9.90 Å². The van der Waals surface area contributed by atoms with Crippen LogP contribution in [0.2, 0.25) is 0 Å². The first-order chi connectivity index (χ1) is 6.43. The Bertz CT molecular complexity index is 220. The maximum absolute atomic E-state index is 10.8. The lowest BCUT2D eigenvalue weighted by Crippen LogP contribution is -2.66. The van der Waals surface area contributed by atoms with Gasteiger partial charge < -0.3 is 25.4 Å². The lowest BCUT2D eigenvalue weighted by Gasteiger charge is -2.45. The first-order valence-electron chi connectivity index (χ1n) is 4.40. The maximum atomic E-state index is 10.8. The average molecular weight is 205 g/mol. The number of aliphatic hydroxyl groups excluding tert-OH is 2. The minimum Gasteiger partial charge on any atom is -0.385 e. The van der Waals surface area contributed by atoms with E-state index < -0.39 is 18.5 Å². The molecule has 0 aromatic rings. The monoisotopic (exact) mass is 205 g/mol. The maximum Gasteiger partial charge on any atom is 0.217 e. The molecule has 4 N–H and O–H groups in total. The van der Waals surface area contributed by atoms with Crippen molar-refractivity contribution >= 4 is 5.91 Å². The number of aliphatic hydroxyl groups is 3. The van der Waals surface area contributed by atoms with Crippen LogP contribution in [0.25, 0.3) is 0 Å². The second-order valence-corrected chi connectivity index (χ2v) is 3.44. The summed E-state index contributed by atoms with van der Waals surface area (Å²) in [5, 5.41) is 29.3. The SMILES string of the molecule is CC(=O)NC1C(C)OC1C(O)C(O)O. The van der Waals surface area contributed by atoms with E-state index in [0.717, 1.165) is 0 Å². The van der Waals surface area contributed by atoms with Crippen molar-refractivity contribution in [3.8, 4) is 0 Å². The fraction of sp³-hybridized carbons (Fsp3) is 0.875. The number of carbonyl (C=O) groups is 1. The van der Waals surface area contributed by atoms with E-state index in [-0.39, 0.29) is 18.1 Å². The van der Waals surface area contributed by atoms with Gasteiger partial charge in [0.25, 0.3) is 0 Å². The van der Waals surface area contributed by atoms with Crippen molar-refractivity contribution in [2.45, 2.75) is 44.5 Å². The molecule has 1 aliphatic rings. The third kappa shape index (κ3) is 2.21. The zero-order valence-electron chi connectivity index (χ0n) is 8.04. The van der Waals surface area contributed by atoms with Crippen molar-refractivity contribution in [2.24, 2.45) is 0 Å². The summed E-state index contributed by atoms with van der Waals surface area (Å²) in [6.07, 6.45) is -4.24. The quantitative estimate of drug-likeness (QED) is 0.397. The Morgan fingerprint density at radius 3 is 2.36 bits per heavy atom. The van der Waals surface area contributed by atoms with Gasteiger partial charge in [-0.1, -0.05) is 0 Å². The van der Waals surface area contributed by atoms with E-state index in [1.807, 2.05) is 0 Å². The van der Waals surface area contributed by atoms with Gasteiger partial charge in [0.2, 0.25) is 5.91 Å². The van der Waals surface area contributed by atoms with Crippen molar-refractivity contribution in [3.05, 3.63) is 0 Å². The highest BCUT2D eigenvalue weighted by Crippen LogP contribution is 2.25. The molecular formula is C8H15NO5. The Kier molecular flexibility index (Phi) is 3.43. The van der Waals surface area contributed by atoms with Crippen LogP contribution in [0.3, 0.4) is 0 Å². The molecule has 1 heterocycles. The molecule has 14 heavy (non-hydrogen) atoms. The van der Waals surface area contributed by atoms with Crippen LogP contribution in [0.5, 0.6) is 0 Å². The van der Waals surface area contributed by atoms with Gasteiger partial charge in [0.05, 0.1) is 12.1 Å². The molecule has 6 nitrogen and oxygen atoms in total. The van der Waals surface area contributed by atoms with Gasteiger partial charge in [0, 0.05) is 6.92 Å². The van der Waals surface area contributed by atoms with Crippen molar-refractivity contribution < 1.29 is 24.9 Å². The van der Waals surface area contributed by atoms with E-state index in [0.29, 0.717) is 0 Å². The summed E-state index contributed by atoms with van der Waals surface area (Å²) < 4.78 is 5.09.